The summed E-state index contributed by atoms with van der Waals surface area (Å²) in [5.41, 5.74) is 0.506. The lowest BCUT2D eigenvalue weighted by atomic mass is 9.96. The normalized spacial score (nSPS) is 17.9. The molecule has 1 saturated heterocycles. The predicted molar refractivity (Wildman–Crippen MR) is 79.0 cm³/mol. The predicted octanol–water partition coefficient (Wildman–Crippen LogP) is 0.384. The molecule has 1 aliphatic rings. The molecule has 1 fully saturated rings. The van der Waals surface area contributed by atoms with Crippen molar-refractivity contribution in [2.24, 2.45) is 5.92 Å². The summed E-state index contributed by atoms with van der Waals surface area (Å²) in [7, 11) is 0. The van der Waals surface area contributed by atoms with Crippen LogP contribution in [0.1, 0.15) is 30.1 Å². The summed E-state index contributed by atoms with van der Waals surface area (Å²) >= 11 is 0. The lowest BCUT2D eigenvalue weighted by Gasteiger charge is -2.31. The molecule has 0 saturated carbocycles. The van der Waals surface area contributed by atoms with E-state index < -0.39 is 0 Å². The summed E-state index contributed by atoms with van der Waals surface area (Å²) in [5.74, 6) is -0.509. The number of hydrogen-bond acceptors (Lipinski definition) is 4. The highest BCUT2D eigenvalue weighted by atomic mass is 16.3. The molecule has 1 unspecified atom stereocenters. The molecule has 1 aromatic rings. The van der Waals surface area contributed by atoms with Crippen molar-refractivity contribution in [3.8, 4) is 0 Å². The van der Waals surface area contributed by atoms with E-state index >= 15 is 0 Å². The first kappa shape index (κ1) is 16.1. The summed E-state index contributed by atoms with van der Waals surface area (Å²) in [6.45, 7) is 3.30. The van der Waals surface area contributed by atoms with Crippen LogP contribution in [0.15, 0.2) is 23.0 Å². The van der Waals surface area contributed by atoms with E-state index in [1.54, 1.807) is 11.0 Å². The number of nitrogens with one attached hydrogen (secondary N) is 2. The molecule has 2 rings (SSSR count). The molecule has 120 valence electrons. The second-order valence-electron chi connectivity index (χ2n) is 5.38. The Kier molecular flexibility index (Phi) is 5.57. The van der Waals surface area contributed by atoms with Crippen LogP contribution in [0.2, 0.25) is 0 Å². The monoisotopic (exact) mass is 307 g/mol. The highest BCUT2D eigenvalue weighted by molar-refractivity contribution is 5.94. The second kappa shape index (κ2) is 7.63. The average Bonchev–Trinajstić information content (AvgIpc) is 3.05. The Morgan fingerprint density at radius 1 is 1.32 bits per heavy atom. The van der Waals surface area contributed by atoms with Gasteiger partial charge in [0.1, 0.15) is 6.26 Å². The number of amides is 3. The fourth-order valence-corrected chi connectivity index (χ4v) is 2.51. The first-order valence-electron chi connectivity index (χ1n) is 7.41. The van der Waals surface area contributed by atoms with E-state index in [4.69, 9.17) is 4.42 Å². The van der Waals surface area contributed by atoms with Crippen LogP contribution >= 0.6 is 0 Å². The van der Waals surface area contributed by atoms with Crippen LogP contribution in [-0.2, 0) is 9.59 Å². The number of rotatable bonds is 5. The van der Waals surface area contributed by atoms with Gasteiger partial charge in [-0.1, -0.05) is 0 Å². The van der Waals surface area contributed by atoms with E-state index in [1.165, 1.54) is 19.5 Å². The third-order valence-corrected chi connectivity index (χ3v) is 3.65. The second-order valence-corrected chi connectivity index (χ2v) is 5.38. The van der Waals surface area contributed by atoms with Crippen molar-refractivity contribution in [3.63, 3.8) is 0 Å². The molecular formula is C15H21N3O4. The highest BCUT2D eigenvalue weighted by Gasteiger charge is 2.29. The third kappa shape index (κ3) is 4.34. The van der Waals surface area contributed by atoms with Crippen LogP contribution in [0.3, 0.4) is 0 Å². The van der Waals surface area contributed by atoms with Crippen LogP contribution in [0.25, 0.3) is 0 Å². The standard InChI is InChI=1S/C15H21N3O4/c1-11(19)16-5-6-17-14(20)12-3-2-7-18(9-12)15(21)13-4-8-22-10-13/h4,8,10,12H,2-3,5-7,9H2,1H3,(H,16,19)(H,17,20). The van der Waals surface area contributed by atoms with Crippen molar-refractivity contribution in [2.45, 2.75) is 19.8 Å². The van der Waals surface area contributed by atoms with E-state index in [1.807, 2.05) is 0 Å². The first-order valence-corrected chi connectivity index (χ1v) is 7.41. The fourth-order valence-electron chi connectivity index (χ4n) is 2.51. The molecule has 2 N–H and O–H groups in total. The molecule has 0 spiro atoms. The Balaban J connectivity index is 1.81. The van der Waals surface area contributed by atoms with Crippen molar-refractivity contribution in [1.29, 1.82) is 0 Å². The van der Waals surface area contributed by atoms with E-state index in [2.05, 4.69) is 10.6 Å². The molecule has 1 aliphatic heterocycles. The third-order valence-electron chi connectivity index (χ3n) is 3.65. The Morgan fingerprint density at radius 3 is 2.77 bits per heavy atom. The largest absolute Gasteiger partial charge is 0.472 e. The molecule has 0 aromatic carbocycles. The molecule has 0 bridgehead atoms. The van der Waals surface area contributed by atoms with Crippen molar-refractivity contribution in [1.82, 2.24) is 15.5 Å². The minimum absolute atomic E-state index is 0.0740. The minimum Gasteiger partial charge on any atom is -0.472 e. The van der Waals surface area contributed by atoms with Gasteiger partial charge in [-0.15, -0.1) is 0 Å². The smallest absolute Gasteiger partial charge is 0.257 e. The fraction of sp³-hybridized carbons (Fsp3) is 0.533. The van der Waals surface area contributed by atoms with Gasteiger partial charge in [0.2, 0.25) is 11.8 Å². The SMILES string of the molecule is CC(=O)NCCNC(=O)C1CCCN(C(=O)c2ccoc2)C1. The van der Waals surface area contributed by atoms with E-state index in [-0.39, 0.29) is 23.6 Å². The summed E-state index contributed by atoms with van der Waals surface area (Å²) in [5, 5.41) is 5.41. The summed E-state index contributed by atoms with van der Waals surface area (Å²) in [6, 6.07) is 1.62. The molecule has 2 heterocycles. The lowest BCUT2D eigenvalue weighted by molar-refractivity contribution is -0.126. The Morgan fingerprint density at radius 2 is 2.09 bits per heavy atom. The topological polar surface area (TPSA) is 91.7 Å². The number of nitrogens with zero attached hydrogens (tertiary/aromatic N) is 1. The Hall–Kier alpha value is -2.31. The van der Waals surface area contributed by atoms with Gasteiger partial charge >= 0.3 is 0 Å². The zero-order valence-electron chi connectivity index (χ0n) is 12.6. The van der Waals surface area contributed by atoms with E-state index in [0.717, 1.165) is 12.8 Å². The quantitative estimate of drug-likeness (QED) is 0.770. The average molecular weight is 307 g/mol. The van der Waals surface area contributed by atoms with Crippen molar-refractivity contribution in [3.05, 3.63) is 24.2 Å². The molecular weight excluding hydrogens is 286 g/mol. The highest BCUT2D eigenvalue weighted by Crippen LogP contribution is 2.19. The summed E-state index contributed by atoms with van der Waals surface area (Å²) < 4.78 is 4.92. The summed E-state index contributed by atoms with van der Waals surface area (Å²) in [4.78, 5) is 36.8. The number of carbonyl (C=O) groups excluding carboxylic acids is 3. The Bertz CT molecular complexity index is 527. The van der Waals surface area contributed by atoms with Crippen molar-refractivity contribution < 1.29 is 18.8 Å². The zero-order chi connectivity index (χ0) is 15.9. The van der Waals surface area contributed by atoms with Gasteiger partial charge in [-0.05, 0) is 18.9 Å². The number of piperidine rings is 1. The van der Waals surface area contributed by atoms with Gasteiger partial charge in [0.15, 0.2) is 0 Å². The lowest BCUT2D eigenvalue weighted by Crippen LogP contribution is -2.46. The van der Waals surface area contributed by atoms with Gasteiger partial charge in [0, 0.05) is 33.1 Å². The van der Waals surface area contributed by atoms with Gasteiger partial charge < -0.3 is 20.0 Å². The molecule has 7 heteroatoms. The molecule has 1 aromatic heterocycles. The van der Waals surface area contributed by atoms with E-state index in [0.29, 0.717) is 31.7 Å². The van der Waals surface area contributed by atoms with Gasteiger partial charge in [0.25, 0.3) is 5.91 Å². The van der Waals surface area contributed by atoms with Crippen molar-refractivity contribution in [2.75, 3.05) is 26.2 Å². The maximum Gasteiger partial charge on any atom is 0.257 e. The van der Waals surface area contributed by atoms with Crippen LogP contribution in [0, 0.1) is 5.92 Å². The maximum atomic E-state index is 12.3. The zero-order valence-corrected chi connectivity index (χ0v) is 12.6. The first-order chi connectivity index (χ1) is 10.6. The molecule has 22 heavy (non-hydrogen) atoms. The number of hydrogen-bond donors (Lipinski definition) is 2. The van der Waals surface area contributed by atoms with Crippen LogP contribution in [-0.4, -0.2) is 48.8 Å². The van der Waals surface area contributed by atoms with Gasteiger partial charge in [0.05, 0.1) is 17.7 Å². The molecule has 0 radical (unpaired) electrons. The Labute approximate surface area is 129 Å². The minimum atomic E-state index is -0.207. The van der Waals surface area contributed by atoms with Crippen LogP contribution < -0.4 is 10.6 Å². The molecule has 3 amide bonds. The number of furan rings is 1. The molecule has 7 nitrogen and oxygen atoms in total. The number of carbonyl (C=O) groups is 3. The van der Waals surface area contributed by atoms with E-state index in [9.17, 15) is 14.4 Å². The van der Waals surface area contributed by atoms with Crippen LogP contribution in [0.4, 0.5) is 0 Å². The van der Waals surface area contributed by atoms with Gasteiger partial charge in [-0.3, -0.25) is 14.4 Å². The van der Waals surface area contributed by atoms with Crippen molar-refractivity contribution >= 4 is 17.7 Å². The van der Waals surface area contributed by atoms with Crippen LogP contribution in [0.5, 0.6) is 0 Å². The number of likely N-dealkylation sites (tertiary alicyclic amines) is 1. The molecule has 0 aliphatic carbocycles. The molecule has 1 atom stereocenters. The van der Waals surface area contributed by atoms with Gasteiger partial charge in [-0.25, -0.2) is 0 Å². The maximum absolute atomic E-state index is 12.3. The summed E-state index contributed by atoms with van der Waals surface area (Å²) in [6.07, 6.45) is 4.44. The van der Waals surface area contributed by atoms with Gasteiger partial charge in [-0.2, -0.15) is 0 Å².